The van der Waals surface area contributed by atoms with Gasteiger partial charge in [-0.25, -0.2) is 4.39 Å². The number of hydrogen-bond donors (Lipinski definition) is 2. The number of aryl methyl sites for hydroxylation is 1. The average molecular weight is 466 g/mol. The molecule has 0 saturated carbocycles. The molecule has 170 valence electrons. The fourth-order valence-electron chi connectivity index (χ4n) is 4.53. The van der Waals surface area contributed by atoms with E-state index in [4.69, 9.17) is 22.1 Å². The zero-order valence-electron chi connectivity index (χ0n) is 18.5. The van der Waals surface area contributed by atoms with E-state index in [2.05, 4.69) is 20.1 Å². The highest BCUT2D eigenvalue weighted by Crippen LogP contribution is 2.43. The van der Waals surface area contributed by atoms with Crippen LogP contribution >= 0.6 is 11.6 Å². The van der Waals surface area contributed by atoms with Crippen LogP contribution in [0, 0.1) is 12.7 Å². The Kier molecular flexibility index (Phi) is 5.68. The molecule has 2 aromatic carbocycles. The lowest BCUT2D eigenvalue weighted by Gasteiger charge is -2.34. The van der Waals surface area contributed by atoms with Gasteiger partial charge in [-0.15, -0.1) is 5.10 Å². The van der Waals surface area contributed by atoms with Crippen LogP contribution in [0.25, 0.3) is 33.4 Å². The van der Waals surface area contributed by atoms with Crippen LogP contribution in [-0.2, 0) is 0 Å². The van der Waals surface area contributed by atoms with E-state index in [1.54, 1.807) is 13.3 Å². The molecule has 0 radical (unpaired) electrons. The number of nitrogens with two attached hydrogens (primary N) is 1. The van der Waals surface area contributed by atoms with E-state index >= 15 is 0 Å². The minimum absolute atomic E-state index is 0.170. The number of nitrogens with zero attached hydrogens (tertiary/aromatic N) is 3. The second-order valence-electron chi connectivity index (χ2n) is 8.52. The molecular weight excluding hydrogens is 441 g/mol. The van der Waals surface area contributed by atoms with Gasteiger partial charge in [0.2, 0.25) is 0 Å². The lowest BCUT2D eigenvalue weighted by Crippen LogP contribution is -2.40. The first kappa shape index (κ1) is 21.7. The summed E-state index contributed by atoms with van der Waals surface area (Å²) < 4.78 is 19.7. The largest absolute Gasteiger partial charge is 0.497 e. The zero-order chi connectivity index (χ0) is 23.1. The molecule has 6 nitrogen and oxygen atoms in total. The van der Waals surface area contributed by atoms with Gasteiger partial charge in [0.15, 0.2) is 0 Å². The first-order chi connectivity index (χ1) is 15.9. The number of benzene rings is 2. The van der Waals surface area contributed by atoms with Gasteiger partial charge in [0.05, 0.1) is 35.2 Å². The topological polar surface area (TPSA) is 80.1 Å². The highest BCUT2D eigenvalue weighted by atomic mass is 35.5. The molecule has 1 aliphatic heterocycles. The molecule has 0 aliphatic carbocycles. The monoisotopic (exact) mass is 465 g/mol. The number of fused-ring (bicyclic) bond motifs is 1. The van der Waals surface area contributed by atoms with Crippen LogP contribution in [0.1, 0.15) is 18.4 Å². The molecule has 0 bridgehead atoms. The zero-order valence-corrected chi connectivity index (χ0v) is 19.3. The summed E-state index contributed by atoms with van der Waals surface area (Å²) in [5, 5.41) is 10.2. The molecule has 33 heavy (non-hydrogen) atoms. The molecule has 1 saturated heterocycles. The van der Waals surface area contributed by atoms with Crippen molar-refractivity contribution >= 4 is 28.2 Å². The fraction of sp³-hybridized carbons (Fsp3) is 0.280. The number of methoxy groups -OCH3 is 1. The second kappa shape index (κ2) is 8.65. The molecule has 1 aliphatic rings. The Labute approximate surface area is 196 Å². The van der Waals surface area contributed by atoms with Crippen molar-refractivity contribution in [2.45, 2.75) is 25.8 Å². The van der Waals surface area contributed by atoms with Crippen LogP contribution in [0.5, 0.6) is 5.75 Å². The van der Waals surface area contributed by atoms with Crippen LogP contribution in [-0.4, -0.2) is 41.4 Å². The minimum Gasteiger partial charge on any atom is -0.497 e. The number of halogens is 2. The number of rotatable bonds is 4. The van der Waals surface area contributed by atoms with E-state index in [9.17, 15) is 4.39 Å². The SMILES string of the molecule is COc1ccc2c(Cl)c(-c3nncc(-c4cc(C)cc(F)c4)c3N3CCC(N)CC3)[nH]c2c1. The summed E-state index contributed by atoms with van der Waals surface area (Å²) in [6.07, 6.45) is 3.42. The third kappa shape index (κ3) is 4.03. The Morgan fingerprint density at radius 2 is 1.97 bits per heavy atom. The molecule has 3 N–H and O–H groups in total. The van der Waals surface area contributed by atoms with Gasteiger partial charge in [-0.2, -0.15) is 5.10 Å². The second-order valence-corrected chi connectivity index (χ2v) is 8.90. The first-order valence-corrected chi connectivity index (χ1v) is 11.3. The fourth-order valence-corrected chi connectivity index (χ4v) is 4.83. The van der Waals surface area contributed by atoms with E-state index in [0.717, 1.165) is 65.0 Å². The Hall–Kier alpha value is -3.16. The Balaban J connectivity index is 1.74. The molecule has 8 heteroatoms. The number of hydrogen-bond acceptors (Lipinski definition) is 5. The number of anilines is 1. The summed E-state index contributed by atoms with van der Waals surface area (Å²) in [4.78, 5) is 5.66. The molecular formula is C25H25ClFN5O. The lowest BCUT2D eigenvalue weighted by atomic mass is 9.98. The van der Waals surface area contributed by atoms with E-state index in [1.165, 1.54) is 12.1 Å². The Morgan fingerprint density at radius 3 is 2.70 bits per heavy atom. The van der Waals surface area contributed by atoms with Gasteiger partial charge in [0.25, 0.3) is 0 Å². The van der Waals surface area contributed by atoms with Crippen molar-refractivity contribution in [3.8, 4) is 28.3 Å². The summed E-state index contributed by atoms with van der Waals surface area (Å²) in [6.45, 7) is 3.42. The van der Waals surface area contributed by atoms with Gasteiger partial charge in [-0.3, -0.25) is 0 Å². The number of H-pyrrole nitrogens is 1. The van der Waals surface area contributed by atoms with E-state index in [-0.39, 0.29) is 11.9 Å². The summed E-state index contributed by atoms with van der Waals surface area (Å²) in [6, 6.07) is 10.9. The van der Waals surface area contributed by atoms with Gasteiger partial charge in [-0.05, 0) is 55.2 Å². The van der Waals surface area contributed by atoms with Gasteiger partial charge in [0.1, 0.15) is 17.3 Å². The molecule has 0 spiro atoms. The van der Waals surface area contributed by atoms with Crippen LogP contribution in [0.4, 0.5) is 10.1 Å². The highest BCUT2D eigenvalue weighted by molar-refractivity contribution is 6.38. The molecule has 3 heterocycles. The minimum atomic E-state index is -0.286. The van der Waals surface area contributed by atoms with Crippen molar-refractivity contribution in [3.63, 3.8) is 0 Å². The van der Waals surface area contributed by atoms with Crippen LogP contribution in [0.15, 0.2) is 42.6 Å². The third-order valence-corrected chi connectivity index (χ3v) is 6.60. The van der Waals surface area contributed by atoms with E-state index in [1.807, 2.05) is 31.2 Å². The number of aromatic nitrogens is 3. The smallest absolute Gasteiger partial charge is 0.135 e. The van der Waals surface area contributed by atoms with Crippen LogP contribution < -0.4 is 15.4 Å². The Bertz CT molecular complexity index is 1310. The van der Waals surface area contributed by atoms with Gasteiger partial charge >= 0.3 is 0 Å². The summed E-state index contributed by atoms with van der Waals surface area (Å²) >= 11 is 6.83. The maximum absolute atomic E-state index is 14.3. The molecule has 2 aromatic heterocycles. The quantitative estimate of drug-likeness (QED) is 0.426. The number of ether oxygens (including phenoxy) is 1. The van der Waals surface area contributed by atoms with Gasteiger partial charge < -0.3 is 20.4 Å². The summed E-state index contributed by atoms with van der Waals surface area (Å²) in [5.74, 6) is 0.443. The predicted octanol–water partition coefficient (Wildman–Crippen LogP) is 5.33. The molecule has 0 amide bonds. The van der Waals surface area contributed by atoms with Crippen molar-refractivity contribution < 1.29 is 9.13 Å². The van der Waals surface area contributed by atoms with Crippen LogP contribution in [0.3, 0.4) is 0 Å². The molecule has 1 fully saturated rings. The standard InChI is InChI=1S/C25H25ClFN5O/c1-14-9-15(11-16(27)10-14)20-13-29-31-24(25(20)32-7-5-17(28)6-8-32)23-22(26)19-4-3-18(33-2)12-21(19)30-23/h3-4,9-13,17,30H,5-8,28H2,1-2H3. The normalized spacial score (nSPS) is 14.8. The Morgan fingerprint density at radius 1 is 1.18 bits per heavy atom. The summed E-state index contributed by atoms with van der Waals surface area (Å²) in [7, 11) is 1.63. The van der Waals surface area contributed by atoms with E-state index in [0.29, 0.717) is 16.4 Å². The number of piperidine rings is 1. The lowest BCUT2D eigenvalue weighted by molar-refractivity contribution is 0.415. The van der Waals surface area contributed by atoms with Crippen molar-refractivity contribution in [2.75, 3.05) is 25.1 Å². The van der Waals surface area contributed by atoms with Crippen molar-refractivity contribution in [2.24, 2.45) is 5.73 Å². The first-order valence-electron chi connectivity index (χ1n) is 10.9. The summed E-state index contributed by atoms with van der Waals surface area (Å²) in [5.41, 5.74) is 11.6. The molecule has 4 aromatic rings. The maximum atomic E-state index is 14.3. The number of aromatic amines is 1. The molecule has 5 rings (SSSR count). The number of nitrogens with one attached hydrogen (secondary N) is 1. The highest BCUT2D eigenvalue weighted by Gasteiger charge is 2.26. The average Bonchev–Trinajstić information content (AvgIpc) is 3.14. The van der Waals surface area contributed by atoms with Gasteiger partial charge in [0, 0.05) is 36.1 Å². The molecule has 0 atom stereocenters. The van der Waals surface area contributed by atoms with Crippen molar-refractivity contribution in [3.05, 3.63) is 59.0 Å². The van der Waals surface area contributed by atoms with Crippen molar-refractivity contribution in [1.29, 1.82) is 0 Å². The maximum Gasteiger partial charge on any atom is 0.135 e. The van der Waals surface area contributed by atoms with Crippen molar-refractivity contribution in [1.82, 2.24) is 15.2 Å². The van der Waals surface area contributed by atoms with Gasteiger partial charge in [-0.1, -0.05) is 17.7 Å². The third-order valence-electron chi connectivity index (χ3n) is 6.21. The molecule has 0 unspecified atom stereocenters. The van der Waals surface area contributed by atoms with Crippen LogP contribution in [0.2, 0.25) is 5.02 Å². The predicted molar refractivity (Wildman–Crippen MR) is 130 cm³/mol. The van der Waals surface area contributed by atoms with E-state index < -0.39 is 0 Å².